The second-order valence-electron chi connectivity index (χ2n) is 6.64. The molecule has 2 aromatic carbocycles. The van der Waals surface area contributed by atoms with Crippen molar-refractivity contribution in [2.75, 3.05) is 39.2 Å². The molecule has 3 rings (SSSR count). The van der Waals surface area contributed by atoms with Gasteiger partial charge in [-0.3, -0.25) is 4.79 Å². The summed E-state index contributed by atoms with van der Waals surface area (Å²) in [4.78, 5) is 17.6. The van der Waals surface area contributed by atoms with Gasteiger partial charge in [-0.2, -0.15) is 0 Å². The Balaban J connectivity index is 0.00000210. The average Bonchev–Trinajstić information content (AvgIpc) is 2.76. The highest BCUT2D eigenvalue weighted by atomic mass is 35.5. The number of aliphatic hydroxyl groups is 1. The van der Waals surface area contributed by atoms with E-state index in [4.69, 9.17) is 16.3 Å². The lowest BCUT2D eigenvalue weighted by Gasteiger charge is -2.26. The molecule has 0 bridgehead atoms. The van der Waals surface area contributed by atoms with Gasteiger partial charge in [0.1, 0.15) is 11.9 Å². The van der Waals surface area contributed by atoms with E-state index in [1.54, 1.807) is 12.0 Å². The highest BCUT2D eigenvalue weighted by Gasteiger charge is 2.38. The van der Waals surface area contributed by atoms with Crippen molar-refractivity contribution < 1.29 is 20.1 Å². The molecule has 1 aliphatic heterocycles. The predicted molar refractivity (Wildman–Crippen MR) is 121 cm³/mol. The first kappa shape index (κ1) is 25.6. The van der Waals surface area contributed by atoms with Gasteiger partial charge < -0.3 is 25.1 Å². The van der Waals surface area contributed by atoms with Crippen LogP contribution >= 0.6 is 35.8 Å². The number of halogens is 2. The number of thioether (sulfide) groups is 1. The standard InChI is InChI=1S/C20H23ClN2O3S.ClH.H2O/c1-22(2)11-12-23-16-6-4-5-15(21)19(16)27-18(17(24)20(23)25)13-7-9-14(26-3)10-8-13;;/h4-10,17-18,24H,11-12H2,1-3H3;1H;1H2/t17-,18+;;/m1../s1. The normalized spacial score (nSPS) is 18.4. The minimum atomic E-state index is -1.17. The molecule has 29 heavy (non-hydrogen) atoms. The van der Waals surface area contributed by atoms with E-state index >= 15 is 0 Å². The minimum absolute atomic E-state index is 0. The second-order valence-corrected chi connectivity index (χ2v) is 8.20. The minimum Gasteiger partial charge on any atom is -0.497 e. The molecule has 0 unspecified atom stereocenters. The van der Waals surface area contributed by atoms with Gasteiger partial charge in [-0.1, -0.05) is 29.8 Å². The molecule has 3 N–H and O–H groups in total. The summed E-state index contributed by atoms with van der Waals surface area (Å²) in [7, 11) is 5.51. The van der Waals surface area contributed by atoms with Gasteiger partial charge in [0.2, 0.25) is 0 Å². The van der Waals surface area contributed by atoms with Crippen molar-refractivity contribution in [3.63, 3.8) is 0 Å². The van der Waals surface area contributed by atoms with Crippen LogP contribution in [0.25, 0.3) is 0 Å². The van der Waals surface area contributed by atoms with Crippen LogP contribution in [-0.4, -0.2) is 61.8 Å². The summed E-state index contributed by atoms with van der Waals surface area (Å²) in [6.45, 7) is 1.16. The van der Waals surface area contributed by atoms with E-state index in [2.05, 4.69) is 0 Å². The number of benzene rings is 2. The zero-order valence-electron chi connectivity index (χ0n) is 16.5. The van der Waals surface area contributed by atoms with E-state index in [0.29, 0.717) is 18.1 Å². The molecular formula is C20H26Cl2N2O4S. The lowest BCUT2D eigenvalue weighted by molar-refractivity contribution is -0.126. The zero-order chi connectivity index (χ0) is 19.6. The molecular weight excluding hydrogens is 435 g/mol. The van der Waals surface area contributed by atoms with Crippen molar-refractivity contribution in [3.05, 3.63) is 53.1 Å². The van der Waals surface area contributed by atoms with E-state index in [-0.39, 0.29) is 23.8 Å². The van der Waals surface area contributed by atoms with Crippen molar-refractivity contribution in [1.29, 1.82) is 0 Å². The number of carbonyl (C=O) groups is 1. The van der Waals surface area contributed by atoms with Crippen LogP contribution in [0.15, 0.2) is 47.4 Å². The lowest BCUT2D eigenvalue weighted by Crippen LogP contribution is -2.43. The van der Waals surface area contributed by atoms with Crippen LogP contribution in [-0.2, 0) is 4.79 Å². The molecule has 0 radical (unpaired) electrons. The maximum absolute atomic E-state index is 13.1. The van der Waals surface area contributed by atoms with E-state index in [1.807, 2.05) is 61.5 Å². The van der Waals surface area contributed by atoms with Gasteiger partial charge in [-0.05, 0) is 43.9 Å². The Bertz CT molecular complexity index is 821. The maximum Gasteiger partial charge on any atom is 0.257 e. The Morgan fingerprint density at radius 1 is 1.21 bits per heavy atom. The van der Waals surface area contributed by atoms with Crippen molar-refractivity contribution in [2.45, 2.75) is 16.2 Å². The molecule has 0 fully saturated rings. The first-order valence-electron chi connectivity index (χ1n) is 8.65. The summed E-state index contributed by atoms with van der Waals surface area (Å²) in [5.74, 6) is 0.412. The summed E-state index contributed by atoms with van der Waals surface area (Å²) in [5, 5.41) is 11.0. The number of ether oxygens (including phenoxy) is 1. The van der Waals surface area contributed by atoms with Crippen molar-refractivity contribution >= 4 is 47.4 Å². The van der Waals surface area contributed by atoms with Crippen LogP contribution in [0.1, 0.15) is 10.8 Å². The van der Waals surface area contributed by atoms with Crippen LogP contribution in [0.2, 0.25) is 5.02 Å². The van der Waals surface area contributed by atoms with Crippen LogP contribution < -0.4 is 9.64 Å². The van der Waals surface area contributed by atoms with E-state index < -0.39 is 11.4 Å². The molecule has 0 saturated carbocycles. The van der Waals surface area contributed by atoms with Gasteiger partial charge in [0.15, 0.2) is 0 Å². The van der Waals surface area contributed by atoms with Crippen molar-refractivity contribution in [1.82, 2.24) is 4.90 Å². The molecule has 0 aliphatic carbocycles. The molecule has 1 amide bonds. The number of methoxy groups -OCH3 is 1. The summed E-state index contributed by atoms with van der Waals surface area (Å²) in [6.07, 6.45) is -1.17. The van der Waals surface area contributed by atoms with Crippen LogP contribution in [0.3, 0.4) is 0 Å². The summed E-state index contributed by atoms with van der Waals surface area (Å²) >= 11 is 7.89. The van der Waals surface area contributed by atoms with Crippen LogP contribution in [0, 0.1) is 0 Å². The third kappa shape index (κ3) is 5.57. The number of rotatable bonds is 5. The number of hydrogen-bond donors (Lipinski definition) is 1. The molecule has 0 saturated heterocycles. The smallest absolute Gasteiger partial charge is 0.257 e. The molecule has 1 heterocycles. The monoisotopic (exact) mass is 460 g/mol. The Labute approximate surface area is 186 Å². The molecule has 2 atom stereocenters. The number of amides is 1. The fourth-order valence-corrected chi connectivity index (χ4v) is 4.58. The quantitative estimate of drug-likeness (QED) is 0.740. The number of fused-ring (bicyclic) bond motifs is 1. The molecule has 0 aromatic heterocycles. The molecule has 160 valence electrons. The van der Waals surface area contributed by atoms with Crippen molar-refractivity contribution in [2.24, 2.45) is 0 Å². The highest BCUT2D eigenvalue weighted by molar-refractivity contribution is 8.00. The highest BCUT2D eigenvalue weighted by Crippen LogP contribution is 2.48. The molecule has 1 aliphatic rings. The molecule has 9 heteroatoms. The number of carbonyl (C=O) groups excluding carboxylic acids is 1. The first-order valence-corrected chi connectivity index (χ1v) is 9.91. The fourth-order valence-electron chi connectivity index (χ4n) is 3.00. The molecule has 0 spiro atoms. The Morgan fingerprint density at radius 3 is 2.45 bits per heavy atom. The Hall–Kier alpha value is -1.48. The summed E-state index contributed by atoms with van der Waals surface area (Å²) in [5.41, 5.74) is 1.59. The summed E-state index contributed by atoms with van der Waals surface area (Å²) < 4.78 is 5.21. The van der Waals surface area contributed by atoms with E-state index in [1.165, 1.54) is 11.8 Å². The van der Waals surface area contributed by atoms with Gasteiger partial charge in [-0.25, -0.2) is 0 Å². The topological polar surface area (TPSA) is 84.5 Å². The Kier molecular flexibility index (Phi) is 9.75. The van der Waals surface area contributed by atoms with Gasteiger partial charge in [-0.15, -0.1) is 24.2 Å². The Morgan fingerprint density at radius 2 is 1.86 bits per heavy atom. The number of nitrogens with zero attached hydrogens (tertiary/aromatic N) is 2. The van der Waals surface area contributed by atoms with Crippen molar-refractivity contribution in [3.8, 4) is 5.75 Å². The number of aliphatic hydroxyl groups excluding tert-OH is 1. The SMILES string of the molecule is COc1ccc([C@@H]2Sc3c(Cl)cccc3N(CCN(C)C)C(=O)[C@@H]2O)cc1.Cl.O. The number of hydrogen-bond acceptors (Lipinski definition) is 5. The van der Waals surface area contributed by atoms with Gasteiger partial charge in [0.05, 0.1) is 28.0 Å². The second kappa shape index (κ2) is 11.1. The van der Waals surface area contributed by atoms with Gasteiger partial charge in [0, 0.05) is 13.1 Å². The third-order valence-corrected chi connectivity index (χ3v) is 6.38. The lowest BCUT2D eigenvalue weighted by atomic mass is 10.1. The molecule has 2 aromatic rings. The number of anilines is 1. The number of likely N-dealkylation sites (N-methyl/N-ethyl adjacent to an activating group) is 1. The third-order valence-electron chi connectivity index (χ3n) is 4.50. The average molecular weight is 461 g/mol. The van der Waals surface area contributed by atoms with Crippen LogP contribution in [0.4, 0.5) is 5.69 Å². The van der Waals surface area contributed by atoms with Gasteiger partial charge >= 0.3 is 0 Å². The first-order chi connectivity index (χ1) is 12.9. The van der Waals surface area contributed by atoms with E-state index in [9.17, 15) is 9.90 Å². The summed E-state index contributed by atoms with van der Waals surface area (Å²) in [6, 6.07) is 12.9. The fraction of sp³-hybridized carbons (Fsp3) is 0.350. The maximum atomic E-state index is 13.1. The predicted octanol–water partition coefficient (Wildman–Crippen LogP) is 3.05. The van der Waals surface area contributed by atoms with Gasteiger partial charge in [0.25, 0.3) is 5.91 Å². The molecule has 6 nitrogen and oxygen atoms in total. The zero-order valence-corrected chi connectivity index (χ0v) is 18.9. The van der Waals surface area contributed by atoms with Crippen LogP contribution in [0.5, 0.6) is 5.75 Å². The largest absolute Gasteiger partial charge is 0.497 e. The van der Waals surface area contributed by atoms with E-state index in [0.717, 1.165) is 21.9 Å².